The monoisotopic (exact) mass is 331 g/mol. The largest absolute Gasteiger partial charge is 0.478 e. The van der Waals surface area contributed by atoms with Gasteiger partial charge in [0.25, 0.3) is 0 Å². The maximum Gasteiger partial charge on any atom is 0.335 e. The van der Waals surface area contributed by atoms with Gasteiger partial charge in [-0.1, -0.05) is 25.4 Å². The average molecular weight is 332 g/mol. The molecule has 1 unspecified atom stereocenters. The van der Waals surface area contributed by atoms with E-state index in [0.717, 1.165) is 6.42 Å². The molecule has 2 N–H and O–H groups in total. The van der Waals surface area contributed by atoms with E-state index in [1.54, 1.807) is 0 Å². The lowest BCUT2D eigenvalue weighted by atomic mass is 10.2. The number of carboxylic acids is 1. The highest BCUT2D eigenvalue weighted by atomic mass is 35.5. The Bertz CT molecular complexity index is 560. The molecule has 0 aliphatic carbocycles. The second-order valence-corrected chi connectivity index (χ2v) is 7.00. The number of halogens is 1. The minimum absolute atomic E-state index is 0.0237. The molecule has 1 aromatic carbocycles. The van der Waals surface area contributed by atoms with Gasteiger partial charge in [0.1, 0.15) is 5.75 Å². The summed E-state index contributed by atoms with van der Waals surface area (Å²) in [5, 5.41) is 11.6. The number of rotatable bonds is 7. The molecule has 0 saturated heterocycles. The van der Waals surface area contributed by atoms with Crippen molar-refractivity contribution in [2.75, 3.05) is 16.8 Å². The van der Waals surface area contributed by atoms with Gasteiger partial charge >= 0.3 is 5.97 Å². The standard InChI is InChI=1S/C14H18ClNO4S/c1-9(2)5-6-21(20)8-13(17)16-12-7-10(14(18)19)3-4-11(12)15/h3-4,7,9H,5-6,8H2,1-2H3,(H,16,17)(H,18,19). The first-order valence-corrected chi connectivity index (χ1v) is 8.34. The van der Waals surface area contributed by atoms with Crippen LogP contribution >= 0.6 is 11.6 Å². The van der Waals surface area contributed by atoms with E-state index in [1.807, 2.05) is 13.8 Å². The average Bonchev–Trinajstić information content (AvgIpc) is 2.38. The van der Waals surface area contributed by atoms with Crippen molar-refractivity contribution in [3.63, 3.8) is 0 Å². The van der Waals surface area contributed by atoms with Crippen molar-refractivity contribution in [3.8, 4) is 0 Å². The second-order valence-electron chi connectivity index (χ2n) is 5.02. The zero-order valence-electron chi connectivity index (χ0n) is 11.9. The quantitative estimate of drug-likeness (QED) is 0.804. The molecule has 0 saturated carbocycles. The molecule has 0 fully saturated rings. The van der Waals surface area contributed by atoms with Crippen LogP contribution < -0.4 is 5.32 Å². The van der Waals surface area contributed by atoms with Crippen LogP contribution in [0.3, 0.4) is 0 Å². The lowest BCUT2D eigenvalue weighted by molar-refractivity contribution is -0.113. The molecule has 0 radical (unpaired) electrons. The van der Waals surface area contributed by atoms with Crippen molar-refractivity contribution in [2.45, 2.75) is 20.3 Å². The Morgan fingerprint density at radius 2 is 2.05 bits per heavy atom. The van der Waals surface area contributed by atoms with Crippen molar-refractivity contribution in [3.05, 3.63) is 28.8 Å². The van der Waals surface area contributed by atoms with E-state index < -0.39 is 22.7 Å². The van der Waals surface area contributed by atoms with E-state index >= 15 is 0 Å². The summed E-state index contributed by atoms with van der Waals surface area (Å²) in [7, 11) is -1.24. The van der Waals surface area contributed by atoms with Crippen molar-refractivity contribution in [2.24, 2.45) is 5.92 Å². The highest BCUT2D eigenvalue weighted by Crippen LogP contribution is 2.23. The molecule has 0 spiro atoms. The zero-order chi connectivity index (χ0) is 16.0. The van der Waals surface area contributed by atoms with E-state index in [9.17, 15) is 13.8 Å². The fourth-order valence-electron chi connectivity index (χ4n) is 1.53. The SMILES string of the molecule is CC(C)CCS(=O)CC(=O)Nc1cc(C(=O)O)ccc1Cl. The fraction of sp³-hybridized carbons (Fsp3) is 0.429. The lowest BCUT2D eigenvalue weighted by Gasteiger charge is -2.09. The predicted molar refractivity (Wildman–Crippen MR) is 84.4 cm³/mol. The predicted octanol–water partition coefficient (Wildman–Crippen LogP) is 2.77. The summed E-state index contributed by atoms with van der Waals surface area (Å²) in [5.74, 6) is -0.781. The highest BCUT2D eigenvalue weighted by Gasteiger charge is 2.12. The van der Waals surface area contributed by atoms with Gasteiger partial charge in [0.05, 0.1) is 16.3 Å². The van der Waals surface area contributed by atoms with E-state index in [4.69, 9.17) is 16.7 Å². The smallest absolute Gasteiger partial charge is 0.335 e. The molecular weight excluding hydrogens is 314 g/mol. The highest BCUT2D eigenvalue weighted by molar-refractivity contribution is 7.85. The third-order valence-corrected chi connectivity index (χ3v) is 4.31. The van der Waals surface area contributed by atoms with Gasteiger partial charge in [0.2, 0.25) is 5.91 Å². The van der Waals surface area contributed by atoms with Crippen LogP contribution in [0.5, 0.6) is 0 Å². The van der Waals surface area contributed by atoms with Gasteiger partial charge in [-0.15, -0.1) is 0 Å². The van der Waals surface area contributed by atoms with Crippen LogP contribution in [-0.4, -0.2) is 32.7 Å². The van der Waals surface area contributed by atoms with Crippen LogP contribution in [0.1, 0.15) is 30.6 Å². The Morgan fingerprint density at radius 3 is 2.62 bits per heavy atom. The molecule has 0 bridgehead atoms. The lowest BCUT2D eigenvalue weighted by Crippen LogP contribution is -2.21. The normalized spacial score (nSPS) is 12.2. The summed E-state index contributed by atoms with van der Waals surface area (Å²) in [6.45, 7) is 4.04. The number of hydrogen-bond donors (Lipinski definition) is 2. The molecule has 1 amide bonds. The molecular formula is C14H18ClNO4S. The van der Waals surface area contributed by atoms with Gasteiger partial charge in [0, 0.05) is 16.6 Å². The number of hydrogen-bond acceptors (Lipinski definition) is 3. The molecule has 116 valence electrons. The first-order chi connectivity index (χ1) is 9.79. The molecule has 5 nitrogen and oxygen atoms in total. The van der Waals surface area contributed by atoms with Crippen molar-refractivity contribution in [1.29, 1.82) is 0 Å². The van der Waals surface area contributed by atoms with Gasteiger partial charge in [-0.25, -0.2) is 4.79 Å². The van der Waals surface area contributed by atoms with Crippen LogP contribution in [0.25, 0.3) is 0 Å². The van der Waals surface area contributed by atoms with Gasteiger partial charge in [-0.2, -0.15) is 0 Å². The van der Waals surface area contributed by atoms with E-state index in [-0.39, 0.29) is 22.0 Å². The molecule has 1 aromatic rings. The molecule has 1 rings (SSSR count). The molecule has 1 atom stereocenters. The zero-order valence-corrected chi connectivity index (χ0v) is 13.5. The molecule has 0 heterocycles. The van der Waals surface area contributed by atoms with Crippen molar-refractivity contribution >= 4 is 40.0 Å². The molecule has 7 heteroatoms. The molecule has 0 aliphatic rings. The number of anilines is 1. The summed E-state index contributed by atoms with van der Waals surface area (Å²) < 4.78 is 11.7. The molecule has 0 aliphatic heterocycles. The van der Waals surface area contributed by atoms with Crippen LogP contribution in [-0.2, 0) is 15.6 Å². The number of carboxylic acid groups (broad SMARTS) is 1. The van der Waals surface area contributed by atoms with Crippen LogP contribution in [0.2, 0.25) is 5.02 Å². The summed E-state index contributed by atoms with van der Waals surface area (Å²) in [4.78, 5) is 22.7. The van der Waals surface area contributed by atoms with Gasteiger partial charge < -0.3 is 10.4 Å². The molecule has 0 aromatic heterocycles. The van der Waals surface area contributed by atoms with Gasteiger partial charge in [0.15, 0.2) is 0 Å². The first-order valence-electron chi connectivity index (χ1n) is 6.47. The Morgan fingerprint density at radius 1 is 1.38 bits per heavy atom. The summed E-state index contributed by atoms with van der Waals surface area (Å²) in [6.07, 6.45) is 0.787. The minimum Gasteiger partial charge on any atom is -0.478 e. The summed E-state index contributed by atoms with van der Waals surface area (Å²) in [5.41, 5.74) is 0.234. The van der Waals surface area contributed by atoms with Gasteiger partial charge in [-0.05, 0) is 30.5 Å². The first kappa shape index (κ1) is 17.7. The number of aromatic carboxylic acids is 1. The molecule has 21 heavy (non-hydrogen) atoms. The third kappa shape index (κ3) is 6.27. The van der Waals surface area contributed by atoms with Crippen LogP contribution in [0.15, 0.2) is 18.2 Å². The Hall–Kier alpha value is -1.40. The van der Waals surface area contributed by atoms with Crippen molar-refractivity contribution in [1.82, 2.24) is 0 Å². The van der Waals surface area contributed by atoms with Crippen LogP contribution in [0.4, 0.5) is 5.69 Å². The second kappa shape index (κ2) is 8.14. The summed E-state index contributed by atoms with van der Waals surface area (Å²) in [6, 6.07) is 4.02. The van der Waals surface area contributed by atoms with E-state index in [2.05, 4.69) is 5.32 Å². The van der Waals surface area contributed by atoms with Crippen molar-refractivity contribution < 1.29 is 18.9 Å². The maximum absolute atomic E-state index is 11.8. The number of nitrogens with one attached hydrogen (secondary N) is 1. The Kier molecular flexibility index (Phi) is 6.84. The van der Waals surface area contributed by atoms with E-state index in [0.29, 0.717) is 11.7 Å². The number of benzene rings is 1. The van der Waals surface area contributed by atoms with Crippen LogP contribution in [0, 0.1) is 5.92 Å². The summed E-state index contributed by atoms with van der Waals surface area (Å²) >= 11 is 5.90. The Balaban J connectivity index is 2.64. The number of carbonyl (C=O) groups is 2. The fourth-order valence-corrected chi connectivity index (χ4v) is 2.93. The number of carbonyl (C=O) groups excluding carboxylic acids is 1. The number of amides is 1. The topological polar surface area (TPSA) is 83.5 Å². The minimum atomic E-state index is -1.24. The Labute approximate surface area is 131 Å². The maximum atomic E-state index is 11.8. The van der Waals surface area contributed by atoms with Gasteiger partial charge in [-0.3, -0.25) is 9.00 Å². The third-order valence-electron chi connectivity index (χ3n) is 2.70. The van der Waals surface area contributed by atoms with E-state index in [1.165, 1.54) is 18.2 Å².